The Balaban J connectivity index is 2.43. The van der Waals surface area contributed by atoms with Crippen LogP contribution in [0.15, 0.2) is 5.16 Å². The zero-order valence-electron chi connectivity index (χ0n) is 17.4. The van der Waals surface area contributed by atoms with E-state index in [0.717, 1.165) is 0 Å². The molecule has 0 saturated carbocycles. The normalized spacial score (nSPS) is 16.7. The van der Waals surface area contributed by atoms with Crippen molar-refractivity contribution in [2.24, 2.45) is 0 Å². The van der Waals surface area contributed by atoms with Gasteiger partial charge in [-0.15, -0.1) is 0 Å². The van der Waals surface area contributed by atoms with Crippen LogP contribution in [-0.2, 0) is 11.3 Å². The maximum Gasteiger partial charge on any atom is 0.412 e. The Labute approximate surface area is 179 Å². The summed E-state index contributed by atoms with van der Waals surface area (Å²) in [6, 6.07) is 1.46. The van der Waals surface area contributed by atoms with Crippen LogP contribution in [0.3, 0.4) is 0 Å². The number of aromatic nitrogens is 2. The maximum atomic E-state index is 12.4. The smallest absolute Gasteiger partial charge is 0.412 e. The molecular weight excluding hydrogens is 412 g/mol. The quantitative estimate of drug-likeness (QED) is 0.460. The van der Waals surface area contributed by atoms with E-state index in [4.69, 9.17) is 10.00 Å². The average molecular weight is 439 g/mol. The highest BCUT2D eigenvalue weighted by molar-refractivity contribution is 7.98. The lowest BCUT2D eigenvalue weighted by molar-refractivity contribution is 0.0635. The molecule has 1 atom stereocenters. The molecule has 1 aromatic rings. The van der Waals surface area contributed by atoms with Gasteiger partial charge in [-0.05, 0) is 27.0 Å². The van der Waals surface area contributed by atoms with Crippen molar-refractivity contribution in [3.63, 3.8) is 0 Å². The highest BCUT2D eigenvalue weighted by Gasteiger charge is 2.33. The molecule has 1 fully saturated rings. The summed E-state index contributed by atoms with van der Waals surface area (Å²) in [6.07, 6.45) is -0.0187. The van der Waals surface area contributed by atoms with Gasteiger partial charge in [0.25, 0.3) is 0 Å². The van der Waals surface area contributed by atoms with Crippen LogP contribution in [0.4, 0.5) is 21.1 Å². The minimum Gasteiger partial charge on any atom is -0.465 e. The molecule has 0 radical (unpaired) electrons. The molecule has 2 heterocycles. The zero-order chi connectivity index (χ0) is 22.5. The first-order chi connectivity index (χ1) is 14.1. The molecule has 3 N–H and O–H groups in total. The third kappa shape index (κ3) is 5.87. The molecule has 2 amide bonds. The monoisotopic (exact) mass is 438 g/mol. The number of nitriles is 1. The Morgan fingerprint density at radius 2 is 2.07 bits per heavy atom. The molecule has 1 saturated heterocycles. The lowest BCUT2D eigenvalue weighted by Crippen LogP contribution is -2.55. The molecule has 12 heteroatoms. The second kappa shape index (κ2) is 9.82. The Morgan fingerprint density at radius 1 is 1.37 bits per heavy atom. The van der Waals surface area contributed by atoms with Gasteiger partial charge in [0.2, 0.25) is 0 Å². The number of aliphatic hydroxyl groups is 1. The number of carboxylic acid groups (broad SMARTS) is 1. The van der Waals surface area contributed by atoms with Crippen molar-refractivity contribution in [2.75, 3.05) is 36.1 Å². The molecule has 1 aliphatic heterocycles. The van der Waals surface area contributed by atoms with E-state index in [-0.39, 0.29) is 30.9 Å². The maximum absolute atomic E-state index is 12.4. The van der Waals surface area contributed by atoms with E-state index >= 15 is 0 Å². The molecule has 30 heavy (non-hydrogen) atoms. The summed E-state index contributed by atoms with van der Waals surface area (Å²) in [5.41, 5.74) is -0.314. The number of aliphatic hydroxyl groups excluding tert-OH is 1. The first kappa shape index (κ1) is 23.5. The van der Waals surface area contributed by atoms with E-state index < -0.39 is 30.4 Å². The van der Waals surface area contributed by atoms with Gasteiger partial charge in [-0.3, -0.25) is 5.32 Å². The van der Waals surface area contributed by atoms with Crippen LogP contribution < -0.4 is 10.2 Å². The molecule has 0 bridgehead atoms. The molecule has 1 aromatic heterocycles. The lowest BCUT2D eigenvalue weighted by atomic mass is 10.1. The average Bonchev–Trinajstić information content (AvgIpc) is 2.66. The fourth-order valence-electron chi connectivity index (χ4n) is 3.02. The van der Waals surface area contributed by atoms with Crippen LogP contribution in [0.1, 0.15) is 32.9 Å². The summed E-state index contributed by atoms with van der Waals surface area (Å²) in [7, 11) is 0. The minimum atomic E-state index is -1.09. The highest BCUT2D eigenvalue weighted by atomic mass is 32.2. The van der Waals surface area contributed by atoms with Crippen molar-refractivity contribution in [1.29, 1.82) is 5.26 Å². The number of hydrogen-bond donors (Lipinski definition) is 3. The zero-order valence-corrected chi connectivity index (χ0v) is 18.2. The number of carbonyl (C=O) groups excluding carboxylic acids is 1. The second-order valence-electron chi connectivity index (χ2n) is 7.58. The number of piperazine rings is 1. The first-order valence-corrected chi connectivity index (χ1v) is 10.5. The molecule has 2 rings (SSSR count). The number of hydrogen-bond acceptors (Lipinski definition) is 9. The molecule has 11 nitrogen and oxygen atoms in total. The minimum absolute atomic E-state index is 0.0188. The largest absolute Gasteiger partial charge is 0.465 e. The van der Waals surface area contributed by atoms with Gasteiger partial charge < -0.3 is 24.7 Å². The summed E-state index contributed by atoms with van der Waals surface area (Å²) in [4.78, 5) is 35.6. The number of anilines is 2. The first-order valence-electron chi connectivity index (χ1n) is 9.26. The number of ether oxygens (including phenoxy) is 1. The lowest BCUT2D eigenvalue weighted by Gasteiger charge is -2.40. The van der Waals surface area contributed by atoms with Crippen molar-refractivity contribution in [3.8, 4) is 6.07 Å². The summed E-state index contributed by atoms with van der Waals surface area (Å²) < 4.78 is 5.31. The van der Waals surface area contributed by atoms with Crippen molar-refractivity contribution < 1.29 is 24.5 Å². The fourth-order valence-corrected chi connectivity index (χ4v) is 3.40. The number of nitrogens with one attached hydrogen (secondary N) is 1. The van der Waals surface area contributed by atoms with E-state index in [2.05, 4.69) is 15.3 Å². The Kier molecular flexibility index (Phi) is 7.69. The molecule has 164 valence electrons. The van der Waals surface area contributed by atoms with E-state index in [1.54, 1.807) is 31.9 Å². The fraction of sp³-hybridized carbons (Fsp3) is 0.611. The SMILES string of the molecule is CSc1nc(CO)c(NC(=O)OC(C)(C)C)c(N2CCN(C(=O)O)C(CC#N)C2)n1. The summed E-state index contributed by atoms with van der Waals surface area (Å²) in [6.45, 7) is 5.42. The van der Waals surface area contributed by atoms with Gasteiger partial charge in [0, 0.05) is 19.6 Å². The van der Waals surface area contributed by atoms with Gasteiger partial charge in [0.15, 0.2) is 11.0 Å². The van der Waals surface area contributed by atoms with Crippen LogP contribution in [0.25, 0.3) is 0 Å². The van der Waals surface area contributed by atoms with E-state index in [0.29, 0.717) is 17.5 Å². The second-order valence-corrected chi connectivity index (χ2v) is 8.35. The highest BCUT2D eigenvalue weighted by Crippen LogP contribution is 2.32. The molecular formula is C18H26N6O5S. The van der Waals surface area contributed by atoms with Crippen LogP contribution in [0, 0.1) is 11.3 Å². The van der Waals surface area contributed by atoms with E-state index in [1.807, 2.05) is 6.07 Å². The van der Waals surface area contributed by atoms with Crippen LogP contribution in [0.5, 0.6) is 0 Å². The van der Waals surface area contributed by atoms with Gasteiger partial charge in [0.1, 0.15) is 11.3 Å². The van der Waals surface area contributed by atoms with Crippen LogP contribution in [-0.4, -0.2) is 74.8 Å². The van der Waals surface area contributed by atoms with E-state index in [1.165, 1.54) is 16.7 Å². The number of amides is 2. The van der Waals surface area contributed by atoms with E-state index in [9.17, 15) is 19.8 Å². The molecule has 0 aromatic carbocycles. The number of thioether (sulfide) groups is 1. The topological polar surface area (TPSA) is 152 Å². The predicted molar refractivity (Wildman–Crippen MR) is 111 cm³/mol. The van der Waals surface area contributed by atoms with Gasteiger partial charge in [-0.2, -0.15) is 5.26 Å². The van der Waals surface area contributed by atoms with Crippen LogP contribution >= 0.6 is 11.8 Å². The molecule has 1 aliphatic rings. The van der Waals surface area contributed by atoms with Gasteiger partial charge in [0.05, 0.1) is 30.8 Å². The standard InChI is InChI=1S/C18H26N6O5S/c1-18(2,3)29-16(26)21-13-12(10-25)20-15(30-4)22-14(13)23-7-8-24(17(27)28)11(9-23)5-6-19/h11,25H,5,7-10H2,1-4H3,(H,21,26)(H,27,28). The number of rotatable bonds is 5. The Hall–Kier alpha value is -2.78. The number of nitrogens with zero attached hydrogens (tertiary/aromatic N) is 5. The summed E-state index contributed by atoms with van der Waals surface area (Å²) in [5.74, 6) is 0.345. The van der Waals surface area contributed by atoms with Crippen molar-refractivity contribution in [2.45, 2.75) is 50.6 Å². The summed E-state index contributed by atoms with van der Waals surface area (Å²) >= 11 is 1.27. The van der Waals surface area contributed by atoms with Crippen molar-refractivity contribution in [3.05, 3.63) is 5.69 Å². The predicted octanol–water partition coefficient (Wildman–Crippen LogP) is 2.12. The van der Waals surface area contributed by atoms with Gasteiger partial charge in [-0.25, -0.2) is 19.6 Å². The summed E-state index contributed by atoms with van der Waals surface area (Å²) in [5, 5.41) is 31.3. The Morgan fingerprint density at radius 3 is 2.60 bits per heavy atom. The molecule has 0 spiro atoms. The number of carbonyl (C=O) groups is 2. The molecule has 1 unspecified atom stereocenters. The molecule has 0 aliphatic carbocycles. The van der Waals surface area contributed by atoms with Crippen molar-refractivity contribution >= 4 is 35.5 Å². The third-order valence-corrected chi connectivity index (χ3v) is 4.81. The van der Waals surface area contributed by atoms with Gasteiger partial charge >= 0.3 is 12.2 Å². The third-order valence-electron chi connectivity index (χ3n) is 4.26. The van der Waals surface area contributed by atoms with Crippen LogP contribution in [0.2, 0.25) is 0 Å². The van der Waals surface area contributed by atoms with Gasteiger partial charge in [-0.1, -0.05) is 11.8 Å². The Bertz CT molecular complexity index is 838. The van der Waals surface area contributed by atoms with Crippen molar-refractivity contribution in [1.82, 2.24) is 14.9 Å².